The standard InChI is InChI=1S/C16H31NO2S2/c1-15(2,3)10-11-17-14(19)8-6-13-20-21-16(4,5)9-7-12-18/h12H,6-11,13H2,1-5H3,(H,17,19)/i12D. The van der Waals surface area contributed by atoms with Gasteiger partial charge in [-0.15, -0.1) is 0 Å². The summed E-state index contributed by atoms with van der Waals surface area (Å²) in [5.41, 5.74) is 0.256. The first-order valence-corrected chi connectivity index (χ1v) is 9.90. The second-order valence-electron chi connectivity index (χ2n) is 7.07. The predicted molar refractivity (Wildman–Crippen MR) is 95.7 cm³/mol. The largest absolute Gasteiger partial charge is 0.356 e. The molecule has 0 rings (SSSR count). The first kappa shape index (κ1) is 18.9. The zero-order chi connectivity index (χ0) is 17.2. The lowest BCUT2D eigenvalue weighted by atomic mass is 9.92. The summed E-state index contributed by atoms with van der Waals surface area (Å²) < 4.78 is 6.94. The van der Waals surface area contributed by atoms with Crippen molar-refractivity contribution in [3.63, 3.8) is 0 Å². The maximum absolute atomic E-state index is 11.7. The molecule has 124 valence electrons. The number of nitrogens with one attached hydrogen (secondary N) is 1. The lowest BCUT2D eigenvalue weighted by Crippen LogP contribution is -2.27. The minimum Gasteiger partial charge on any atom is -0.356 e. The highest BCUT2D eigenvalue weighted by Crippen LogP contribution is 2.38. The van der Waals surface area contributed by atoms with Crippen molar-refractivity contribution in [3.05, 3.63) is 0 Å². The maximum Gasteiger partial charge on any atom is 0.220 e. The monoisotopic (exact) mass is 334 g/mol. The molecule has 0 radical (unpaired) electrons. The van der Waals surface area contributed by atoms with Gasteiger partial charge < -0.3 is 10.1 Å². The second kappa shape index (κ2) is 10.5. The molecule has 0 aromatic heterocycles. The SMILES string of the molecule is [2H]C(=O)CCC(C)(C)SSCCCC(=O)NCCC(C)(C)C. The molecule has 0 atom stereocenters. The summed E-state index contributed by atoms with van der Waals surface area (Å²) in [5, 5.41) is 2.97. The number of rotatable bonds is 11. The molecule has 0 heterocycles. The van der Waals surface area contributed by atoms with E-state index in [1.165, 1.54) is 0 Å². The van der Waals surface area contributed by atoms with Crippen LogP contribution in [0, 0.1) is 5.41 Å². The topological polar surface area (TPSA) is 46.2 Å². The summed E-state index contributed by atoms with van der Waals surface area (Å²) in [6.07, 6.45) is 2.98. The molecule has 0 spiro atoms. The average Bonchev–Trinajstić information content (AvgIpc) is 2.34. The van der Waals surface area contributed by atoms with Crippen molar-refractivity contribution < 1.29 is 11.0 Å². The van der Waals surface area contributed by atoms with E-state index in [4.69, 9.17) is 1.37 Å². The highest BCUT2D eigenvalue weighted by Gasteiger charge is 2.18. The zero-order valence-corrected chi connectivity index (χ0v) is 15.7. The van der Waals surface area contributed by atoms with Crippen LogP contribution in [0.4, 0.5) is 0 Å². The Kier molecular flexibility index (Phi) is 9.49. The number of carbonyl (C=O) groups excluding carboxylic acids is 2. The summed E-state index contributed by atoms with van der Waals surface area (Å²) in [6.45, 7) is 11.4. The van der Waals surface area contributed by atoms with Crippen LogP contribution in [-0.4, -0.2) is 29.2 Å². The molecule has 3 nitrogen and oxygen atoms in total. The summed E-state index contributed by atoms with van der Waals surface area (Å²) >= 11 is 0. The Morgan fingerprint density at radius 2 is 1.90 bits per heavy atom. The van der Waals surface area contributed by atoms with Crippen molar-refractivity contribution in [2.24, 2.45) is 5.41 Å². The molecule has 0 aliphatic carbocycles. The molecule has 0 saturated heterocycles. The van der Waals surface area contributed by atoms with Crippen molar-refractivity contribution in [1.29, 1.82) is 0 Å². The summed E-state index contributed by atoms with van der Waals surface area (Å²) in [6, 6.07) is 0. The van der Waals surface area contributed by atoms with Gasteiger partial charge in [0.25, 0.3) is 0 Å². The molecule has 0 aromatic rings. The van der Waals surface area contributed by atoms with Crippen LogP contribution in [-0.2, 0) is 9.59 Å². The molecule has 1 amide bonds. The first-order valence-electron chi connectivity index (χ1n) is 8.09. The van der Waals surface area contributed by atoms with E-state index in [0.29, 0.717) is 12.8 Å². The summed E-state index contributed by atoms with van der Waals surface area (Å²) in [7, 11) is 3.49. The molecule has 0 saturated carbocycles. The van der Waals surface area contributed by atoms with Crippen molar-refractivity contribution in [2.45, 2.75) is 71.5 Å². The number of hydrogen-bond donors (Lipinski definition) is 1. The zero-order valence-electron chi connectivity index (χ0n) is 15.1. The third kappa shape index (κ3) is 14.5. The van der Waals surface area contributed by atoms with Crippen molar-refractivity contribution in [2.75, 3.05) is 12.3 Å². The number of aldehydes is 1. The molecule has 1 N–H and O–H groups in total. The summed E-state index contributed by atoms with van der Waals surface area (Å²) in [4.78, 5) is 22.4. The van der Waals surface area contributed by atoms with E-state index in [9.17, 15) is 9.59 Å². The van der Waals surface area contributed by atoms with E-state index >= 15 is 0 Å². The molecule has 5 heteroatoms. The van der Waals surface area contributed by atoms with Crippen LogP contribution in [0.25, 0.3) is 0 Å². The van der Waals surface area contributed by atoms with Gasteiger partial charge in [0.05, 0.1) is 0 Å². The molecular formula is C16H31NO2S2. The fourth-order valence-electron chi connectivity index (χ4n) is 1.55. The van der Waals surface area contributed by atoms with E-state index in [-0.39, 0.29) is 16.1 Å². The van der Waals surface area contributed by atoms with Gasteiger partial charge in [0.2, 0.25) is 5.91 Å². The molecule has 0 aromatic carbocycles. The van der Waals surface area contributed by atoms with Gasteiger partial charge in [0, 0.05) is 29.9 Å². The Morgan fingerprint density at radius 1 is 1.24 bits per heavy atom. The van der Waals surface area contributed by atoms with E-state index in [1.54, 1.807) is 21.6 Å². The Balaban J connectivity index is 3.63. The lowest BCUT2D eigenvalue weighted by Gasteiger charge is -2.21. The van der Waals surface area contributed by atoms with Gasteiger partial charge in [-0.05, 0) is 38.5 Å². The Bertz CT molecular complexity index is 355. The third-order valence-corrected chi connectivity index (χ3v) is 6.38. The quantitative estimate of drug-likeness (QED) is 0.344. The number of carbonyl (C=O) groups is 2. The minimum absolute atomic E-state index is 0.00363. The van der Waals surface area contributed by atoms with Crippen molar-refractivity contribution in [3.8, 4) is 0 Å². The van der Waals surface area contributed by atoms with Gasteiger partial charge in [-0.3, -0.25) is 4.79 Å². The molecule has 0 bridgehead atoms. The Morgan fingerprint density at radius 3 is 2.48 bits per heavy atom. The molecule has 0 fully saturated rings. The smallest absolute Gasteiger partial charge is 0.220 e. The van der Waals surface area contributed by atoms with Gasteiger partial charge in [0.15, 0.2) is 0 Å². The molecular weight excluding hydrogens is 302 g/mol. The van der Waals surface area contributed by atoms with E-state index < -0.39 is 6.26 Å². The van der Waals surface area contributed by atoms with Gasteiger partial charge in [-0.25, -0.2) is 0 Å². The van der Waals surface area contributed by atoms with Gasteiger partial charge >= 0.3 is 0 Å². The fourth-order valence-corrected chi connectivity index (χ4v) is 4.21. The van der Waals surface area contributed by atoms with Crippen LogP contribution in [0.2, 0.25) is 0 Å². The lowest BCUT2D eigenvalue weighted by molar-refractivity contribution is -0.121. The third-order valence-electron chi connectivity index (χ3n) is 2.94. The molecule has 0 aliphatic heterocycles. The average molecular weight is 335 g/mol. The molecule has 0 aliphatic rings. The minimum atomic E-state index is -0.495. The summed E-state index contributed by atoms with van der Waals surface area (Å²) in [5.74, 6) is 1.06. The molecule has 21 heavy (non-hydrogen) atoms. The van der Waals surface area contributed by atoms with Gasteiger partial charge in [-0.1, -0.05) is 42.4 Å². The normalized spacial score (nSPS) is 12.9. The van der Waals surface area contributed by atoms with Crippen LogP contribution < -0.4 is 5.32 Å². The van der Waals surface area contributed by atoms with E-state index in [2.05, 4.69) is 39.9 Å². The highest BCUT2D eigenvalue weighted by molar-refractivity contribution is 8.77. The van der Waals surface area contributed by atoms with Gasteiger partial charge in [0.1, 0.15) is 7.63 Å². The van der Waals surface area contributed by atoms with Crippen LogP contribution in [0.15, 0.2) is 0 Å². The van der Waals surface area contributed by atoms with Gasteiger partial charge in [-0.2, -0.15) is 0 Å². The first-order chi connectivity index (χ1) is 10.0. The van der Waals surface area contributed by atoms with Crippen LogP contribution in [0.1, 0.15) is 68.1 Å². The van der Waals surface area contributed by atoms with Crippen molar-refractivity contribution in [1.82, 2.24) is 5.32 Å². The Hall–Kier alpha value is -0.160. The maximum atomic E-state index is 11.7. The predicted octanol–water partition coefficient (Wildman–Crippen LogP) is 4.46. The van der Waals surface area contributed by atoms with Crippen molar-refractivity contribution >= 4 is 33.8 Å². The Labute approximate surface area is 139 Å². The van der Waals surface area contributed by atoms with E-state index in [1.807, 2.05) is 0 Å². The highest BCUT2D eigenvalue weighted by atomic mass is 33.1. The van der Waals surface area contributed by atoms with Crippen LogP contribution in [0.3, 0.4) is 0 Å². The van der Waals surface area contributed by atoms with Crippen LogP contribution in [0.5, 0.6) is 0 Å². The number of hydrogen-bond acceptors (Lipinski definition) is 4. The van der Waals surface area contributed by atoms with Crippen LogP contribution >= 0.6 is 21.6 Å². The fraction of sp³-hybridized carbons (Fsp3) is 0.875. The van der Waals surface area contributed by atoms with E-state index in [0.717, 1.165) is 31.6 Å². The molecule has 0 unspecified atom stereocenters. The second-order valence-corrected chi connectivity index (χ2v) is 10.2. The number of amides is 1.